The molecule has 1 rings (SSSR count). The fourth-order valence-corrected chi connectivity index (χ4v) is 1.28. The van der Waals surface area contributed by atoms with Gasteiger partial charge in [-0.2, -0.15) is 5.90 Å². The highest BCUT2D eigenvalue weighted by molar-refractivity contribution is 5.57. The van der Waals surface area contributed by atoms with Gasteiger partial charge < -0.3 is 4.84 Å². The second kappa shape index (κ2) is 3.84. The molecule has 1 aromatic rings. The Morgan fingerprint density at radius 2 is 2.00 bits per heavy atom. The molecule has 0 fully saturated rings. The number of benzene rings is 1. The second-order valence-electron chi connectivity index (χ2n) is 4.32. The van der Waals surface area contributed by atoms with Crippen LogP contribution in [-0.2, 0) is 5.41 Å². The zero-order chi connectivity index (χ0) is 10.8. The average molecular weight is 191 g/mol. The van der Waals surface area contributed by atoms with Gasteiger partial charge in [-0.25, -0.2) is 0 Å². The average Bonchev–Trinajstić information content (AvgIpc) is 2.15. The Morgan fingerprint density at radius 3 is 2.43 bits per heavy atom. The molecule has 2 nitrogen and oxygen atoms in total. The maximum absolute atomic E-state index is 5.14. The summed E-state index contributed by atoms with van der Waals surface area (Å²) < 4.78 is 0. The molecule has 0 spiro atoms. The van der Waals surface area contributed by atoms with Crippen molar-refractivity contribution >= 4 is 6.08 Å². The van der Waals surface area contributed by atoms with Crippen molar-refractivity contribution in [3.8, 4) is 5.75 Å². The smallest absolute Gasteiger partial charge is 0.154 e. The van der Waals surface area contributed by atoms with Gasteiger partial charge in [0.15, 0.2) is 5.75 Å². The van der Waals surface area contributed by atoms with Gasteiger partial charge in [-0.3, -0.25) is 0 Å². The Labute approximate surface area is 85.3 Å². The molecule has 2 heteroatoms. The lowest BCUT2D eigenvalue weighted by Gasteiger charge is -2.20. The van der Waals surface area contributed by atoms with Crippen molar-refractivity contribution in [1.29, 1.82) is 0 Å². The van der Waals surface area contributed by atoms with Gasteiger partial charge in [0, 0.05) is 5.56 Å². The molecule has 14 heavy (non-hydrogen) atoms. The fraction of sp³-hybridized carbons (Fsp3) is 0.333. The van der Waals surface area contributed by atoms with Gasteiger partial charge in [0.1, 0.15) is 0 Å². The van der Waals surface area contributed by atoms with Crippen LogP contribution >= 0.6 is 0 Å². The molecule has 0 amide bonds. The van der Waals surface area contributed by atoms with Crippen molar-refractivity contribution in [3.63, 3.8) is 0 Å². The summed E-state index contributed by atoms with van der Waals surface area (Å²) in [7, 11) is 0. The van der Waals surface area contributed by atoms with Crippen LogP contribution < -0.4 is 10.7 Å². The molecule has 1 aromatic carbocycles. The summed E-state index contributed by atoms with van der Waals surface area (Å²) in [6.07, 6.45) is 1.75. The van der Waals surface area contributed by atoms with E-state index in [1.54, 1.807) is 6.08 Å². The maximum Gasteiger partial charge on any atom is 0.154 e. The zero-order valence-electron chi connectivity index (χ0n) is 9.00. The van der Waals surface area contributed by atoms with Crippen LogP contribution in [0.15, 0.2) is 24.8 Å². The quantitative estimate of drug-likeness (QED) is 0.729. The Morgan fingerprint density at radius 1 is 1.36 bits per heavy atom. The lowest BCUT2D eigenvalue weighted by molar-refractivity contribution is 0.333. The van der Waals surface area contributed by atoms with Gasteiger partial charge in [-0.15, -0.1) is 0 Å². The van der Waals surface area contributed by atoms with Crippen molar-refractivity contribution in [3.05, 3.63) is 35.9 Å². The van der Waals surface area contributed by atoms with E-state index < -0.39 is 0 Å². The number of rotatable bonds is 2. The molecule has 0 unspecified atom stereocenters. The summed E-state index contributed by atoms with van der Waals surface area (Å²) in [6.45, 7) is 10.2. The SMILES string of the molecule is C=Cc1cc(C(C)(C)C)ccc1ON. The molecule has 0 bridgehead atoms. The van der Waals surface area contributed by atoms with E-state index >= 15 is 0 Å². The first-order chi connectivity index (χ1) is 6.49. The van der Waals surface area contributed by atoms with Crippen LogP contribution in [0.3, 0.4) is 0 Å². The minimum absolute atomic E-state index is 0.130. The fourth-order valence-electron chi connectivity index (χ4n) is 1.28. The molecule has 0 aliphatic rings. The summed E-state index contributed by atoms with van der Waals surface area (Å²) in [5.74, 6) is 5.80. The molecule has 0 saturated heterocycles. The van der Waals surface area contributed by atoms with E-state index in [1.165, 1.54) is 5.56 Å². The van der Waals surface area contributed by atoms with E-state index in [2.05, 4.69) is 33.4 Å². The van der Waals surface area contributed by atoms with Crippen molar-refractivity contribution in [2.45, 2.75) is 26.2 Å². The van der Waals surface area contributed by atoms with Crippen molar-refractivity contribution < 1.29 is 4.84 Å². The Bertz CT molecular complexity index is 337. The van der Waals surface area contributed by atoms with Crippen LogP contribution in [0.25, 0.3) is 6.08 Å². The first-order valence-corrected chi connectivity index (χ1v) is 4.62. The predicted octanol–water partition coefficient (Wildman–Crippen LogP) is 2.88. The van der Waals surface area contributed by atoms with Crippen LogP contribution in [0.2, 0.25) is 0 Å². The molecular weight excluding hydrogens is 174 g/mol. The molecule has 0 heterocycles. The first-order valence-electron chi connectivity index (χ1n) is 4.62. The van der Waals surface area contributed by atoms with Gasteiger partial charge in [-0.05, 0) is 23.1 Å². The summed E-state index contributed by atoms with van der Waals surface area (Å²) in [6, 6.07) is 5.95. The summed E-state index contributed by atoms with van der Waals surface area (Å²) >= 11 is 0. The Balaban J connectivity index is 3.21. The third kappa shape index (κ3) is 2.15. The van der Waals surface area contributed by atoms with E-state index in [-0.39, 0.29) is 5.41 Å². The molecule has 0 radical (unpaired) electrons. The van der Waals surface area contributed by atoms with Crippen molar-refractivity contribution in [1.82, 2.24) is 0 Å². The minimum atomic E-state index is 0.130. The van der Waals surface area contributed by atoms with Crippen molar-refractivity contribution in [2.24, 2.45) is 5.90 Å². The highest BCUT2D eigenvalue weighted by Crippen LogP contribution is 2.27. The van der Waals surface area contributed by atoms with Gasteiger partial charge in [0.2, 0.25) is 0 Å². The summed E-state index contributed by atoms with van der Waals surface area (Å²) in [4.78, 5) is 4.73. The summed E-state index contributed by atoms with van der Waals surface area (Å²) in [5.41, 5.74) is 2.30. The standard InChI is InChI=1S/C12H17NO/c1-5-9-8-10(12(2,3)4)6-7-11(9)14-13/h5-8H,1,13H2,2-4H3. The van der Waals surface area contributed by atoms with Crippen LogP contribution in [-0.4, -0.2) is 0 Å². The number of hydrogen-bond acceptors (Lipinski definition) is 2. The topological polar surface area (TPSA) is 35.2 Å². The predicted molar refractivity (Wildman–Crippen MR) is 60.0 cm³/mol. The van der Waals surface area contributed by atoms with E-state index in [4.69, 9.17) is 10.7 Å². The van der Waals surface area contributed by atoms with E-state index in [9.17, 15) is 0 Å². The second-order valence-corrected chi connectivity index (χ2v) is 4.32. The minimum Gasteiger partial charge on any atom is -0.411 e. The van der Waals surface area contributed by atoms with Gasteiger partial charge in [0.25, 0.3) is 0 Å². The van der Waals surface area contributed by atoms with E-state index in [0.717, 1.165) is 5.56 Å². The van der Waals surface area contributed by atoms with Crippen LogP contribution in [0.5, 0.6) is 5.75 Å². The molecule has 0 aromatic heterocycles. The zero-order valence-corrected chi connectivity index (χ0v) is 9.00. The van der Waals surface area contributed by atoms with Crippen molar-refractivity contribution in [2.75, 3.05) is 0 Å². The summed E-state index contributed by atoms with van der Waals surface area (Å²) in [5, 5.41) is 0. The normalized spacial score (nSPS) is 11.1. The highest BCUT2D eigenvalue weighted by atomic mass is 16.6. The van der Waals surface area contributed by atoms with Gasteiger partial charge >= 0.3 is 0 Å². The molecule has 76 valence electrons. The molecular formula is C12H17NO. The lowest BCUT2D eigenvalue weighted by atomic mass is 9.86. The molecule has 0 saturated carbocycles. The monoisotopic (exact) mass is 191 g/mol. The molecule has 0 aliphatic heterocycles. The lowest BCUT2D eigenvalue weighted by Crippen LogP contribution is -2.12. The number of nitrogens with two attached hydrogens (primary N) is 1. The van der Waals surface area contributed by atoms with E-state index in [0.29, 0.717) is 5.75 Å². The van der Waals surface area contributed by atoms with Crippen LogP contribution in [0, 0.1) is 0 Å². The van der Waals surface area contributed by atoms with E-state index in [1.807, 2.05) is 12.1 Å². The largest absolute Gasteiger partial charge is 0.411 e. The van der Waals surface area contributed by atoms with Crippen LogP contribution in [0.4, 0.5) is 0 Å². The maximum atomic E-state index is 5.14. The number of hydrogen-bond donors (Lipinski definition) is 1. The van der Waals surface area contributed by atoms with Gasteiger partial charge in [0.05, 0.1) is 0 Å². The molecule has 0 atom stereocenters. The molecule has 2 N–H and O–H groups in total. The third-order valence-electron chi connectivity index (χ3n) is 2.22. The Hall–Kier alpha value is -1.28. The Kier molecular flexibility index (Phi) is 2.96. The third-order valence-corrected chi connectivity index (χ3v) is 2.22. The first kappa shape index (κ1) is 10.8. The molecule has 0 aliphatic carbocycles. The van der Waals surface area contributed by atoms with Gasteiger partial charge in [-0.1, -0.05) is 39.5 Å². The van der Waals surface area contributed by atoms with Crippen LogP contribution in [0.1, 0.15) is 31.9 Å². The highest BCUT2D eigenvalue weighted by Gasteiger charge is 2.14.